The zero-order chi connectivity index (χ0) is 11.5. The third-order valence-electron chi connectivity index (χ3n) is 2.17. The molecule has 1 rings (SSSR count). The van der Waals surface area contributed by atoms with Crippen molar-refractivity contribution in [2.45, 2.75) is 12.5 Å². The molecule has 0 radical (unpaired) electrons. The molecule has 0 fully saturated rings. The summed E-state index contributed by atoms with van der Waals surface area (Å²) in [6, 6.07) is 4.01. The first-order chi connectivity index (χ1) is 7.01. The van der Waals surface area contributed by atoms with E-state index in [-0.39, 0.29) is 6.61 Å². The van der Waals surface area contributed by atoms with Crippen LogP contribution in [0.2, 0.25) is 0 Å². The van der Waals surface area contributed by atoms with E-state index >= 15 is 0 Å². The molecule has 0 aliphatic carbocycles. The van der Waals surface area contributed by atoms with Gasteiger partial charge in [-0.25, -0.2) is 4.39 Å². The van der Waals surface area contributed by atoms with Crippen LogP contribution in [0, 0.1) is 5.82 Å². The molecule has 15 heavy (non-hydrogen) atoms. The molecule has 0 bridgehead atoms. The molecule has 0 aliphatic heterocycles. The molecule has 3 nitrogen and oxygen atoms in total. The van der Waals surface area contributed by atoms with Crippen LogP contribution in [-0.4, -0.2) is 25.9 Å². The van der Waals surface area contributed by atoms with Gasteiger partial charge in [0.05, 0.1) is 13.7 Å². The summed E-state index contributed by atoms with van der Waals surface area (Å²) in [7, 11) is 2.94. The summed E-state index contributed by atoms with van der Waals surface area (Å²) in [5.74, 6) is 0.0284. The number of methoxy groups -OCH3 is 2. The molecule has 0 spiro atoms. The lowest BCUT2D eigenvalue weighted by Gasteiger charge is -2.24. The van der Waals surface area contributed by atoms with E-state index < -0.39 is 11.4 Å². The summed E-state index contributed by atoms with van der Waals surface area (Å²) in [6.07, 6.45) is 0. The molecule has 84 valence electrons. The minimum atomic E-state index is -1.26. The number of ether oxygens (including phenoxy) is 2. The molecular weight excluding hydrogens is 199 g/mol. The van der Waals surface area contributed by atoms with Crippen molar-refractivity contribution in [1.29, 1.82) is 0 Å². The first-order valence-electron chi connectivity index (χ1n) is 4.56. The van der Waals surface area contributed by atoms with Crippen LogP contribution in [0.15, 0.2) is 18.2 Å². The normalized spacial score (nSPS) is 14.7. The van der Waals surface area contributed by atoms with Crippen LogP contribution in [0.25, 0.3) is 0 Å². The molecule has 0 amide bonds. The van der Waals surface area contributed by atoms with E-state index in [1.165, 1.54) is 32.4 Å². The van der Waals surface area contributed by atoms with E-state index in [2.05, 4.69) is 0 Å². The quantitative estimate of drug-likeness (QED) is 0.828. The minimum Gasteiger partial charge on any atom is -0.496 e. The number of aliphatic hydroxyl groups is 1. The fourth-order valence-electron chi connectivity index (χ4n) is 1.46. The van der Waals surface area contributed by atoms with Gasteiger partial charge < -0.3 is 14.6 Å². The second kappa shape index (κ2) is 4.59. The molecule has 1 atom stereocenters. The zero-order valence-corrected chi connectivity index (χ0v) is 9.08. The van der Waals surface area contributed by atoms with Crippen LogP contribution < -0.4 is 4.74 Å². The molecule has 0 saturated carbocycles. The Kier molecular flexibility index (Phi) is 3.66. The van der Waals surface area contributed by atoms with Crippen LogP contribution >= 0.6 is 0 Å². The van der Waals surface area contributed by atoms with Crippen molar-refractivity contribution in [3.63, 3.8) is 0 Å². The van der Waals surface area contributed by atoms with E-state index in [0.717, 1.165) is 0 Å². The van der Waals surface area contributed by atoms with E-state index in [1.54, 1.807) is 6.92 Å². The molecule has 1 aromatic carbocycles. The van der Waals surface area contributed by atoms with Crippen LogP contribution in [0.1, 0.15) is 12.5 Å². The van der Waals surface area contributed by atoms with E-state index in [4.69, 9.17) is 9.47 Å². The monoisotopic (exact) mass is 214 g/mol. The van der Waals surface area contributed by atoms with Gasteiger partial charge in [0.1, 0.15) is 17.2 Å². The molecule has 0 saturated heterocycles. The Morgan fingerprint density at radius 3 is 2.60 bits per heavy atom. The van der Waals surface area contributed by atoms with Gasteiger partial charge in [-0.15, -0.1) is 0 Å². The third-order valence-corrected chi connectivity index (χ3v) is 2.17. The Morgan fingerprint density at radius 2 is 2.07 bits per heavy atom. The van der Waals surface area contributed by atoms with Crippen LogP contribution in [0.5, 0.6) is 5.75 Å². The fraction of sp³-hybridized carbons (Fsp3) is 0.455. The van der Waals surface area contributed by atoms with E-state index in [0.29, 0.717) is 11.3 Å². The maximum absolute atomic E-state index is 13.0. The SMILES string of the molecule is COCC(C)(O)c1cc(F)ccc1OC. The summed E-state index contributed by atoms with van der Waals surface area (Å²) in [4.78, 5) is 0. The van der Waals surface area contributed by atoms with E-state index in [9.17, 15) is 9.50 Å². The third kappa shape index (κ3) is 2.67. The average Bonchev–Trinajstić information content (AvgIpc) is 2.17. The lowest BCUT2D eigenvalue weighted by Crippen LogP contribution is -2.27. The summed E-state index contributed by atoms with van der Waals surface area (Å²) in [5, 5.41) is 10.1. The fourth-order valence-corrected chi connectivity index (χ4v) is 1.46. The van der Waals surface area contributed by atoms with Gasteiger partial charge in [0.25, 0.3) is 0 Å². The lowest BCUT2D eigenvalue weighted by molar-refractivity contribution is -0.0224. The Morgan fingerprint density at radius 1 is 1.40 bits per heavy atom. The van der Waals surface area contributed by atoms with Gasteiger partial charge in [-0.2, -0.15) is 0 Å². The Labute approximate surface area is 88.4 Å². The van der Waals surface area contributed by atoms with Crippen molar-refractivity contribution in [1.82, 2.24) is 0 Å². The molecule has 0 aliphatic rings. The maximum atomic E-state index is 13.0. The lowest BCUT2D eigenvalue weighted by atomic mass is 9.96. The Bertz CT molecular complexity index is 337. The molecule has 0 aromatic heterocycles. The zero-order valence-electron chi connectivity index (χ0n) is 9.08. The molecule has 1 N–H and O–H groups in total. The largest absolute Gasteiger partial charge is 0.496 e. The van der Waals surface area contributed by atoms with Gasteiger partial charge >= 0.3 is 0 Å². The van der Waals surface area contributed by atoms with Crippen molar-refractivity contribution in [3.8, 4) is 5.75 Å². The van der Waals surface area contributed by atoms with Crippen LogP contribution in [0.4, 0.5) is 4.39 Å². The summed E-state index contributed by atoms with van der Waals surface area (Å²) in [6.45, 7) is 1.63. The van der Waals surface area contributed by atoms with Crippen LogP contribution in [0.3, 0.4) is 0 Å². The summed E-state index contributed by atoms with van der Waals surface area (Å²) >= 11 is 0. The molecule has 1 unspecified atom stereocenters. The highest BCUT2D eigenvalue weighted by atomic mass is 19.1. The number of benzene rings is 1. The average molecular weight is 214 g/mol. The first kappa shape index (κ1) is 11.9. The highest BCUT2D eigenvalue weighted by Crippen LogP contribution is 2.30. The van der Waals surface area contributed by atoms with Gasteiger partial charge in [0, 0.05) is 12.7 Å². The van der Waals surface area contributed by atoms with Gasteiger partial charge in [0.15, 0.2) is 0 Å². The van der Waals surface area contributed by atoms with Crippen molar-refractivity contribution in [2.24, 2.45) is 0 Å². The highest BCUT2D eigenvalue weighted by Gasteiger charge is 2.27. The standard InChI is InChI=1S/C11H15FO3/c1-11(13,7-14-2)9-6-8(12)4-5-10(9)15-3/h4-6,13H,7H2,1-3H3. The highest BCUT2D eigenvalue weighted by molar-refractivity contribution is 5.38. The molecule has 4 heteroatoms. The van der Waals surface area contributed by atoms with Gasteiger partial charge in [0.2, 0.25) is 0 Å². The smallest absolute Gasteiger partial charge is 0.125 e. The second-order valence-corrected chi connectivity index (χ2v) is 3.55. The van der Waals surface area contributed by atoms with Crippen LogP contribution in [-0.2, 0) is 10.3 Å². The Hall–Kier alpha value is -1.13. The maximum Gasteiger partial charge on any atom is 0.125 e. The van der Waals surface area contributed by atoms with Gasteiger partial charge in [-0.1, -0.05) is 0 Å². The number of halogens is 1. The minimum absolute atomic E-state index is 0.0762. The summed E-state index contributed by atoms with van der Waals surface area (Å²) in [5.41, 5.74) is -0.880. The van der Waals surface area contributed by atoms with Gasteiger partial charge in [-0.05, 0) is 25.1 Å². The number of rotatable bonds is 4. The van der Waals surface area contributed by atoms with Gasteiger partial charge in [-0.3, -0.25) is 0 Å². The molecule has 0 heterocycles. The molecular formula is C11H15FO3. The topological polar surface area (TPSA) is 38.7 Å². The van der Waals surface area contributed by atoms with Crippen molar-refractivity contribution in [3.05, 3.63) is 29.6 Å². The van der Waals surface area contributed by atoms with Crippen molar-refractivity contribution >= 4 is 0 Å². The molecule has 1 aromatic rings. The number of hydrogen-bond donors (Lipinski definition) is 1. The predicted octanol–water partition coefficient (Wildman–Crippen LogP) is 1.69. The second-order valence-electron chi connectivity index (χ2n) is 3.55. The predicted molar refractivity (Wildman–Crippen MR) is 54.4 cm³/mol. The van der Waals surface area contributed by atoms with E-state index in [1.807, 2.05) is 0 Å². The summed E-state index contributed by atoms with van der Waals surface area (Å²) < 4.78 is 23.0. The van der Waals surface area contributed by atoms with Crippen molar-refractivity contribution < 1.29 is 19.0 Å². The first-order valence-corrected chi connectivity index (χ1v) is 4.56. The number of hydrogen-bond acceptors (Lipinski definition) is 3. The Balaban J connectivity index is 3.15. The van der Waals surface area contributed by atoms with Crippen molar-refractivity contribution in [2.75, 3.05) is 20.8 Å².